The summed E-state index contributed by atoms with van der Waals surface area (Å²) in [6.45, 7) is 7.80. The highest BCUT2D eigenvalue weighted by atomic mass is 16.5. The molecular formula is C26H25N7O2. The number of aromatic nitrogens is 4. The smallest absolute Gasteiger partial charge is 0.247 e. The van der Waals surface area contributed by atoms with Crippen molar-refractivity contribution < 1.29 is 9.53 Å². The van der Waals surface area contributed by atoms with Crippen LogP contribution in [0.4, 0.5) is 17.3 Å². The molecule has 3 aromatic heterocycles. The van der Waals surface area contributed by atoms with Gasteiger partial charge in [-0.2, -0.15) is 0 Å². The molecule has 0 radical (unpaired) electrons. The van der Waals surface area contributed by atoms with Crippen molar-refractivity contribution in [3.05, 3.63) is 78.9 Å². The standard InChI is InChI=1S/C26H25N7O2/c1-3-23(34)31-18-8-9-28-21(12-18)24-16(2)4-5-17-13-30-26(33-25(17)24)32-19-6-7-20(29-14-19)22-15-27-10-11-35-22/h3-9,12-14,22,27H,1,10-11,15H2,2H3,(H,28,31,34)(H,30,32,33). The van der Waals surface area contributed by atoms with Crippen LogP contribution in [0, 0.1) is 6.92 Å². The molecule has 1 saturated heterocycles. The third-order valence-corrected chi connectivity index (χ3v) is 5.73. The highest BCUT2D eigenvalue weighted by Crippen LogP contribution is 2.31. The molecule has 1 amide bonds. The van der Waals surface area contributed by atoms with Gasteiger partial charge in [0.1, 0.15) is 6.10 Å². The lowest BCUT2D eigenvalue weighted by Gasteiger charge is -2.23. The molecule has 1 aromatic carbocycles. The second-order valence-corrected chi connectivity index (χ2v) is 8.17. The zero-order chi connectivity index (χ0) is 24.2. The van der Waals surface area contributed by atoms with Crippen molar-refractivity contribution in [2.24, 2.45) is 0 Å². The quantitative estimate of drug-likeness (QED) is 0.366. The van der Waals surface area contributed by atoms with Crippen molar-refractivity contribution in [3.8, 4) is 11.3 Å². The van der Waals surface area contributed by atoms with Crippen LogP contribution in [-0.2, 0) is 9.53 Å². The molecule has 1 aliphatic heterocycles. The maximum Gasteiger partial charge on any atom is 0.247 e. The van der Waals surface area contributed by atoms with Crippen LogP contribution in [-0.4, -0.2) is 45.5 Å². The first-order valence-corrected chi connectivity index (χ1v) is 11.3. The van der Waals surface area contributed by atoms with E-state index >= 15 is 0 Å². The first kappa shape index (κ1) is 22.6. The number of carbonyl (C=O) groups is 1. The number of morpholine rings is 1. The number of nitrogens with one attached hydrogen (secondary N) is 3. The summed E-state index contributed by atoms with van der Waals surface area (Å²) >= 11 is 0. The van der Waals surface area contributed by atoms with E-state index in [1.807, 2.05) is 37.3 Å². The molecule has 35 heavy (non-hydrogen) atoms. The zero-order valence-corrected chi connectivity index (χ0v) is 19.3. The summed E-state index contributed by atoms with van der Waals surface area (Å²) in [5.41, 5.74) is 5.63. The minimum Gasteiger partial charge on any atom is -0.369 e. The van der Waals surface area contributed by atoms with Crippen LogP contribution < -0.4 is 16.0 Å². The third kappa shape index (κ3) is 5.01. The van der Waals surface area contributed by atoms with Crippen molar-refractivity contribution in [3.63, 3.8) is 0 Å². The van der Waals surface area contributed by atoms with E-state index in [0.29, 0.717) is 23.9 Å². The van der Waals surface area contributed by atoms with E-state index in [1.54, 1.807) is 24.7 Å². The van der Waals surface area contributed by atoms with Crippen molar-refractivity contribution >= 4 is 34.1 Å². The van der Waals surface area contributed by atoms with Gasteiger partial charge < -0.3 is 20.7 Å². The Kier molecular flexibility index (Phi) is 6.42. The fourth-order valence-electron chi connectivity index (χ4n) is 3.97. The molecule has 1 fully saturated rings. The van der Waals surface area contributed by atoms with Crippen LogP contribution in [0.15, 0.2) is 67.6 Å². The first-order valence-electron chi connectivity index (χ1n) is 11.3. The summed E-state index contributed by atoms with van der Waals surface area (Å²) in [6.07, 6.45) is 6.38. The number of aryl methyl sites for hydroxylation is 1. The molecule has 0 bridgehead atoms. The summed E-state index contributed by atoms with van der Waals surface area (Å²) in [7, 11) is 0. The molecular weight excluding hydrogens is 442 g/mol. The maximum absolute atomic E-state index is 11.7. The number of ether oxygens (including phenoxy) is 1. The van der Waals surface area contributed by atoms with E-state index in [4.69, 9.17) is 9.72 Å². The Balaban J connectivity index is 1.45. The molecule has 9 heteroatoms. The number of anilines is 3. The molecule has 4 heterocycles. The average Bonchev–Trinajstić information content (AvgIpc) is 2.89. The number of carbonyl (C=O) groups excluding carboxylic acids is 1. The number of fused-ring (bicyclic) bond motifs is 1. The molecule has 5 rings (SSSR count). The Labute approximate surface area is 202 Å². The van der Waals surface area contributed by atoms with Gasteiger partial charge in [0.15, 0.2) is 0 Å². The average molecular weight is 468 g/mol. The van der Waals surface area contributed by atoms with Gasteiger partial charge in [-0.05, 0) is 42.8 Å². The number of nitrogens with zero attached hydrogens (tertiary/aromatic N) is 4. The van der Waals surface area contributed by atoms with E-state index in [2.05, 4.69) is 37.5 Å². The first-order chi connectivity index (χ1) is 17.1. The predicted molar refractivity (Wildman–Crippen MR) is 135 cm³/mol. The van der Waals surface area contributed by atoms with Gasteiger partial charge in [-0.3, -0.25) is 14.8 Å². The van der Waals surface area contributed by atoms with E-state index in [0.717, 1.165) is 46.5 Å². The van der Waals surface area contributed by atoms with Gasteiger partial charge in [-0.15, -0.1) is 0 Å². The van der Waals surface area contributed by atoms with Crippen molar-refractivity contribution in [2.75, 3.05) is 30.3 Å². The lowest BCUT2D eigenvalue weighted by atomic mass is 10.0. The van der Waals surface area contributed by atoms with E-state index < -0.39 is 0 Å². The SMILES string of the molecule is C=CC(=O)Nc1ccnc(-c2c(C)ccc3cnc(Nc4ccc(C5CNCCO5)nc4)nc23)c1. The van der Waals surface area contributed by atoms with Gasteiger partial charge in [-0.1, -0.05) is 18.7 Å². The molecule has 9 nitrogen and oxygen atoms in total. The van der Waals surface area contributed by atoms with Crippen LogP contribution >= 0.6 is 0 Å². The van der Waals surface area contributed by atoms with Crippen molar-refractivity contribution in [2.45, 2.75) is 13.0 Å². The van der Waals surface area contributed by atoms with Gasteiger partial charge in [0.05, 0.1) is 35.4 Å². The Morgan fingerprint density at radius 1 is 1.14 bits per heavy atom. The second kappa shape index (κ2) is 9.96. The van der Waals surface area contributed by atoms with E-state index in [9.17, 15) is 4.79 Å². The minimum absolute atomic E-state index is 0.0419. The van der Waals surface area contributed by atoms with Gasteiger partial charge >= 0.3 is 0 Å². The molecule has 1 atom stereocenters. The van der Waals surface area contributed by atoms with Crippen LogP contribution in [0.25, 0.3) is 22.2 Å². The highest BCUT2D eigenvalue weighted by molar-refractivity contribution is 6.00. The highest BCUT2D eigenvalue weighted by Gasteiger charge is 2.17. The fraction of sp³-hybridized carbons (Fsp3) is 0.192. The summed E-state index contributed by atoms with van der Waals surface area (Å²) in [4.78, 5) is 30.1. The van der Waals surface area contributed by atoms with Gasteiger partial charge in [0, 0.05) is 42.1 Å². The Hall–Kier alpha value is -4.21. The van der Waals surface area contributed by atoms with E-state index in [1.165, 1.54) is 6.08 Å². The lowest BCUT2D eigenvalue weighted by Crippen LogP contribution is -2.33. The van der Waals surface area contributed by atoms with Gasteiger partial charge in [0.25, 0.3) is 0 Å². The number of pyridine rings is 2. The second-order valence-electron chi connectivity index (χ2n) is 8.17. The topological polar surface area (TPSA) is 114 Å². The van der Waals surface area contributed by atoms with Crippen LogP contribution in [0.3, 0.4) is 0 Å². The molecule has 1 aliphatic rings. The third-order valence-electron chi connectivity index (χ3n) is 5.73. The number of benzene rings is 1. The lowest BCUT2D eigenvalue weighted by molar-refractivity contribution is -0.111. The van der Waals surface area contributed by atoms with Crippen LogP contribution in [0.2, 0.25) is 0 Å². The molecule has 176 valence electrons. The largest absolute Gasteiger partial charge is 0.369 e. The molecule has 0 aliphatic carbocycles. The number of amides is 1. The minimum atomic E-state index is -0.281. The van der Waals surface area contributed by atoms with Crippen molar-refractivity contribution in [1.82, 2.24) is 25.3 Å². The summed E-state index contributed by atoms with van der Waals surface area (Å²) in [5, 5.41) is 10.2. The van der Waals surface area contributed by atoms with Gasteiger partial charge in [0.2, 0.25) is 11.9 Å². The maximum atomic E-state index is 11.7. The zero-order valence-electron chi connectivity index (χ0n) is 19.3. The monoisotopic (exact) mass is 467 g/mol. The molecule has 4 aromatic rings. The number of rotatable bonds is 6. The molecule has 1 unspecified atom stereocenters. The van der Waals surface area contributed by atoms with Crippen LogP contribution in [0.5, 0.6) is 0 Å². The number of hydrogen-bond donors (Lipinski definition) is 3. The molecule has 0 saturated carbocycles. The van der Waals surface area contributed by atoms with Gasteiger partial charge in [-0.25, -0.2) is 9.97 Å². The van der Waals surface area contributed by atoms with Crippen molar-refractivity contribution in [1.29, 1.82) is 0 Å². The molecule has 3 N–H and O–H groups in total. The van der Waals surface area contributed by atoms with E-state index in [-0.39, 0.29) is 12.0 Å². The summed E-state index contributed by atoms with van der Waals surface area (Å²) < 4.78 is 5.77. The Morgan fingerprint density at radius 2 is 2.06 bits per heavy atom. The Morgan fingerprint density at radius 3 is 2.83 bits per heavy atom. The summed E-state index contributed by atoms with van der Waals surface area (Å²) in [5.74, 6) is 0.169. The number of hydrogen-bond acceptors (Lipinski definition) is 8. The summed E-state index contributed by atoms with van der Waals surface area (Å²) in [6, 6.07) is 11.4. The fourth-order valence-corrected chi connectivity index (χ4v) is 3.97. The normalized spacial score (nSPS) is 15.5. The Bertz CT molecular complexity index is 1380. The predicted octanol–water partition coefficient (Wildman–Crippen LogP) is 3.92. The van der Waals surface area contributed by atoms with Crippen LogP contribution in [0.1, 0.15) is 17.4 Å². The molecule has 0 spiro atoms.